The van der Waals surface area contributed by atoms with Crippen molar-refractivity contribution in [3.63, 3.8) is 0 Å². The molecule has 232 valence electrons. The summed E-state index contributed by atoms with van der Waals surface area (Å²) in [6.07, 6.45) is 1.83. The van der Waals surface area contributed by atoms with Gasteiger partial charge in [-0.25, -0.2) is 15.0 Å². The Balaban J connectivity index is 1.23. The van der Waals surface area contributed by atoms with Crippen LogP contribution in [-0.4, -0.2) is 19.9 Å². The van der Waals surface area contributed by atoms with Crippen molar-refractivity contribution < 1.29 is 0 Å². The fourth-order valence-corrected chi connectivity index (χ4v) is 7.33. The minimum atomic E-state index is -0.0721. The highest BCUT2D eigenvalue weighted by atomic mass is 15.0. The lowest BCUT2D eigenvalue weighted by Crippen LogP contribution is -2.14. The largest absolute Gasteiger partial charge is 0.252 e. The molecule has 2 aromatic heterocycles. The molecule has 0 amide bonds. The van der Waals surface area contributed by atoms with Gasteiger partial charge in [-0.2, -0.15) is 0 Å². The third kappa shape index (κ3) is 4.92. The average molecular weight is 629 g/mol. The third-order valence-corrected chi connectivity index (χ3v) is 9.79. The summed E-state index contributed by atoms with van der Waals surface area (Å²) in [6, 6.07) is 53.1. The third-order valence-electron chi connectivity index (χ3n) is 9.79. The molecule has 4 nitrogen and oxygen atoms in total. The van der Waals surface area contributed by atoms with Gasteiger partial charge in [0.25, 0.3) is 0 Å². The van der Waals surface area contributed by atoms with E-state index in [1.807, 2.05) is 30.5 Å². The standard InChI is InChI=1S/C45H32N4/c1-45(2)38-23-9-8-21-37(38)40-35(22-12-24-39(40)45)32-17-11-19-34(28-32)43-47-42(33-18-10-16-31(27-33)29-13-4-3-5-14-29)48-44(49-43)41-36-20-7-6-15-30(36)25-26-46-41/h3-28H,1-2H3. The summed E-state index contributed by atoms with van der Waals surface area (Å²) >= 11 is 0. The zero-order chi connectivity index (χ0) is 33.0. The van der Waals surface area contributed by atoms with Crippen LogP contribution in [0.2, 0.25) is 0 Å². The number of benzene rings is 6. The second-order valence-electron chi connectivity index (χ2n) is 13.1. The van der Waals surface area contributed by atoms with Crippen molar-refractivity contribution in [2.24, 2.45) is 0 Å². The van der Waals surface area contributed by atoms with Crippen LogP contribution in [0.4, 0.5) is 0 Å². The second-order valence-corrected chi connectivity index (χ2v) is 13.1. The van der Waals surface area contributed by atoms with Gasteiger partial charge in [-0.1, -0.05) is 147 Å². The van der Waals surface area contributed by atoms with Gasteiger partial charge in [0.2, 0.25) is 0 Å². The molecule has 0 atom stereocenters. The lowest BCUT2D eigenvalue weighted by atomic mass is 9.82. The van der Waals surface area contributed by atoms with Crippen LogP contribution in [0.3, 0.4) is 0 Å². The quantitative estimate of drug-likeness (QED) is 0.190. The first-order valence-corrected chi connectivity index (χ1v) is 16.6. The first kappa shape index (κ1) is 28.9. The number of pyridine rings is 1. The number of nitrogens with zero attached hydrogens (tertiary/aromatic N) is 4. The lowest BCUT2D eigenvalue weighted by Gasteiger charge is -2.21. The van der Waals surface area contributed by atoms with Crippen LogP contribution < -0.4 is 0 Å². The molecule has 0 N–H and O–H groups in total. The van der Waals surface area contributed by atoms with Crippen molar-refractivity contribution in [1.82, 2.24) is 19.9 Å². The Hall–Kier alpha value is -6.26. The van der Waals surface area contributed by atoms with E-state index in [0.29, 0.717) is 17.5 Å². The molecule has 0 spiro atoms. The smallest absolute Gasteiger partial charge is 0.183 e. The van der Waals surface area contributed by atoms with E-state index in [1.54, 1.807) is 0 Å². The van der Waals surface area contributed by atoms with E-state index in [0.717, 1.165) is 44.3 Å². The molecule has 6 aromatic carbocycles. The summed E-state index contributed by atoms with van der Waals surface area (Å²) in [5.74, 6) is 1.76. The van der Waals surface area contributed by atoms with Crippen LogP contribution in [0, 0.1) is 0 Å². The van der Waals surface area contributed by atoms with Crippen molar-refractivity contribution in [3.8, 4) is 67.7 Å². The summed E-state index contributed by atoms with van der Waals surface area (Å²) < 4.78 is 0. The van der Waals surface area contributed by atoms with Gasteiger partial charge in [0.15, 0.2) is 17.5 Å². The van der Waals surface area contributed by atoms with Gasteiger partial charge in [0.05, 0.1) is 0 Å². The highest BCUT2D eigenvalue weighted by Gasteiger charge is 2.36. The van der Waals surface area contributed by atoms with Crippen molar-refractivity contribution in [2.75, 3.05) is 0 Å². The monoisotopic (exact) mass is 628 g/mol. The van der Waals surface area contributed by atoms with Crippen LogP contribution in [0.15, 0.2) is 158 Å². The average Bonchev–Trinajstić information content (AvgIpc) is 3.41. The van der Waals surface area contributed by atoms with E-state index in [9.17, 15) is 0 Å². The maximum Gasteiger partial charge on any atom is 0.183 e. The van der Waals surface area contributed by atoms with E-state index in [4.69, 9.17) is 19.9 Å². The molecule has 0 bridgehead atoms. The SMILES string of the molecule is CC1(C)c2ccccc2-c2c(-c3cccc(-c4nc(-c5cccc(-c6ccccc6)c5)nc(-c5nccc6ccccc56)n4)c3)cccc21. The van der Waals surface area contributed by atoms with Gasteiger partial charge < -0.3 is 0 Å². The van der Waals surface area contributed by atoms with E-state index < -0.39 is 0 Å². The second kappa shape index (κ2) is 11.5. The first-order valence-electron chi connectivity index (χ1n) is 16.6. The molecular formula is C45H32N4. The topological polar surface area (TPSA) is 51.6 Å². The number of aromatic nitrogens is 4. The normalized spacial score (nSPS) is 12.9. The predicted molar refractivity (Wildman–Crippen MR) is 200 cm³/mol. The predicted octanol–water partition coefficient (Wildman–Crippen LogP) is 11.1. The molecule has 2 heterocycles. The highest BCUT2D eigenvalue weighted by Crippen LogP contribution is 2.52. The Bertz CT molecular complexity index is 2530. The maximum absolute atomic E-state index is 5.13. The van der Waals surface area contributed by atoms with Gasteiger partial charge in [0, 0.05) is 28.1 Å². The summed E-state index contributed by atoms with van der Waals surface area (Å²) in [4.78, 5) is 20.1. The van der Waals surface area contributed by atoms with E-state index in [-0.39, 0.29) is 5.41 Å². The molecule has 4 heteroatoms. The van der Waals surface area contributed by atoms with Gasteiger partial charge >= 0.3 is 0 Å². The van der Waals surface area contributed by atoms with Gasteiger partial charge in [-0.05, 0) is 68.1 Å². The van der Waals surface area contributed by atoms with Crippen LogP contribution in [-0.2, 0) is 5.41 Å². The Morgan fingerprint density at radius 2 is 1.00 bits per heavy atom. The Kier molecular flexibility index (Phi) is 6.77. The maximum atomic E-state index is 5.13. The fourth-order valence-electron chi connectivity index (χ4n) is 7.33. The van der Waals surface area contributed by atoms with Crippen molar-refractivity contribution in [2.45, 2.75) is 19.3 Å². The van der Waals surface area contributed by atoms with Crippen LogP contribution in [0.25, 0.3) is 78.4 Å². The van der Waals surface area contributed by atoms with Gasteiger partial charge in [-0.3, -0.25) is 4.98 Å². The molecule has 49 heavy (non-hydrogen) atoms. The molecule has 1 aliphatic carbocycles. The molecule has 8 aromatic rings. The highest BCUT2D eigenvalue weighted by molar-refractivity contribution is 5.94. The van der Waals surface area contributed by atoms with Crippen LogP contribution >= 0.6 is 0 Å². The molecule has 0 radical (unpaired) electrons. The van der Waals surface area contributed by atoms with E-state index in [1.165, 1.54) is 27.8 Å². The zero-order valence-electron chi connectivity index (χ0n) is 27.3. The van der Waals surface area contributed by atoms with Crippen molar-refractivity contribution >= 4 is 10.8 Å². The van der Waals surface area contributed by atoms with E-state index >= 15 is 0 Å². The fraction of sp³-hybridized carbons (Fsp3) is 0.0667. The molecule has 0 unspecified atom stereocenters. The Morgan fingerprint density at radius 1 is 0.429 bits per heavy atom. The molecule has 0 aliphatic heterocycles. The first-order chi connectivity index (χ1) is 24.0. The molecule has 9 rings (SSSR count). The van der Waals surface area contributed by atoms with Gasteiger partial charge in [-0.15, -0.1) is 0 Å². The lowest BCUT2D eigenvalue weighted by molar-refractivity contribution is 0.660. The number of rotatable bonds is 5. The van der Waals surface area contributed by atoms with E-state index in [2.05, 4.69) is 141 Å². The molecule has 1 aliphatic rings. The minimum Gasteiger partial charge on any atom is -0.252 e. The summed E-state index contributed by atoms with van der Waals surface area (Å²) in [5, 5.41) is 2.09. The molecule has 0 fully saturated rings. The number of hydrogen-bond acceptors (Lipinski definition) is 4. The molecule has 0 saturated carbocycles. The number of hydrogen-bond donors (Lipinski definition) is 0. The van der Waals surface area contributed by atoms with Crippen LogP contribution in [0.1, 0.15) is 25.0 Å². The number of fused-ring (bicyclic) bond motifs is 4. The summed E-state index contributed by atoms with van der Waals surface area (Å²) in [5.41, 5.74) is 12.4. The summed E-state index contributed by atoms with van der Waals surface area (Å²) in [6.45, 7) is 4.64. The summed E-state index contributed by atoms with van der Waals surface area (Å²) in [7, 11) is 0. The molecule has 0 saturated heterocycles. The minimum absolute atomic E-state index is 0.0721. The molecular weight excluding hydrogens is 597 g/mol. The Labute approximate surface area is 285 Å². The zero-order valence-corrected chi connectivity index (χ0v) is 27.3. The van der Waals surface area contributed by atoms with Crippen molar-refractivity contribution in [1.29, 1.82) is 0 Å². The van der Waals surface area contributed by atoms with Gasteiger partial charge in [0.1, 0.15) is 5.69 Å². The van der Waals surface area contributed by atoms with Crippen LogP contribution in [0.5, 0.6) is 0 Å². The Morgan fingerprint density at radius 3 is 1.82 bits per heavy atom. The van der Waals surface area contributed by atoms with Crippen molar-refractivity contribution in [3.05, 3.63) is 169 Å².